The highest BCUT2D eigenvalue weighted by molar-refractivity contribution is 5.96. The van der Waals surface area contributed by atoms with Crippen molar-refractivity contribution in [1.82, 2.24) is 4.90 Å². The van der Waals surface area contributed by atoms with Gasteiger partial charge in [0.25, 0.3) is 0 Å². The third-order valence-electron chi connectivity index (χ3n) is 3.93. The third kappa shape index (κ3) is 3.81. The molecule has 0 atom stereocenters. The molecule has 0 spiro atoms. The van der Waals surface area contributed by atoms with E-state index in [1.807, 2.05) is 66.1 Å². The molecular weight excluding hydrogens is 250 g/mol. The number of nitrogens with one attached hydrogen (secondary N) is 1. The van der Waals surface area contributed by atoms with Gasteiger partial charge in [-0.1, -0.05) is 18.2 Å². The van der Waals surface area contributed by atoms with Crippen LogP contribution in [0.5, 0.6) is 0 Å². The maximum absolute atomic E-state index is 12.5. The van der Waals surface area contributed by atoms with Gasteiger partial charge in [-0.2, -0.15) is 0 Å². The van der Waals surface area contributed by atoms with Gasteiger partial charge in [-0.3, -0.25) is 4.79 Å². The van der Waals surface area contributed by atoms with Crippen molar-refractivity contribution >= 4 is 11.6 Å². The summed E-state index contributed by atoms with van der Waals surface area (Å²) in [5, 5.41) is 3.02. The average Bonchev–Trinajstić information content (AvgIpc) is 2.29. The first-order chi connectivity index (χ1) is 9.05. The van der Waals surface area contributed by atoms with Crippen molar-refractivity contribution < 1.29 is 4.79 Å². The highest BCUT2D eigenvalue weighted by Gasteiger charge is 2.40. The summed E-state index contributed by atoms with van der Waals surface area (Å²) in [6.45, 7) is 8.27. The maximum Gasteiger partial charge on any atom is 0.231 e. The number of nitrogens with zero attached hydrogens (tertiary/aromatic N) is 1. The Balaban J connectivity index is 2.97. The zero-order valence-corrected chi connectivity index (χ0v) is 13.4. The van der Waals surface area contributed by atoms with Crippen LogP contribution in [0.15, 0.2) is 24.3 Å². The number of nitrogens with two attached hydrogens (primary N) is 1. The number of anilines is 1. The highest BCUT2D eigenvalue weighted by atomic mass is 16.2. The van der Waals surface area contributed by atoms with E-state index in [4.69, 9.17) is 5.73 Å². The molecule has 0 bridgehead atoms. The van der Waals surface area contributed by atoms with E-state index in [2.05, 4.69) is 10.2 Å². The van der Waals surface area contributed by atoms with E-state index < -0.39 is 11.0 Å². The second-order valence-electron chi connectivity index (χ2n) is 6.70. The van der Waals surface area contributed by atoms with E-state index in [-0.39, 0.29) is 5.91 Å². The summed E-state index contributed by atoms with van der Waals surface area (Å²) in [6.07, 6.45) is 0. The van der Waals surface area contributed by atoms with Crippen molar-refractivity contribution in [2.24, 2.45) is 11.1 Å². The van der Waals surface area contributed by atoms with Crippen molar-refractivity contribution in [3.05, 3.63) is 29.8 Å². The van der Waals surface area contributed by atoms with Crippen molar-refractivity contribution in [3.63, 3.8) is 0 Å². The summed E-state index contributed by atoms with van der Waals surface area (Å²) >= 11 is 0. The molecule has 0 aromatic heterocycles. The number of para-hydroxylation sites is 1. The number of carbonyl (C=O) groups excluding carboxylic acids is 1. The van der Waals surface area contributed by atoms with Crippen LogP contribution >= 0.6 is 0 Å². The molecule has 0 unspecified atom stereocenters. The van der Waals surface area contributed by atoms with Crippen LogP contribution < -0.4 is 11.1 Å². The largest absolute Gasteiger partial charge is 0.325 e. The number of amides is 1. The molecule has 0 saturated carbocycles. The van der Waals surface area contributed by atoms with E-state index in [9.17, 15) is 4.79 Å². The van der Waals surface area contributed by atoms with Crippen LogP contribution in [0.2, 0.25) is 0 Å². The van der Waals surface area contributed by atoms with E-state index in [0.717, 1.165) is 17.8 Å². The fourth-order valence-corrected chi connectivity index (χ4v) is 1.69. The fraction of sp³-hybridized carbons (Fsp3) is 0.562. The lowest BCUT2D eigenvalue weighted by molar-refractivity contribution is -0.126. The van der Waals surface area contributed by atoms with Crippen LogP contribution in [0.25, 0.3) is 0 Å². The molecule has 112 valence electrons. The molecule has 0 aliphatic carbocycles. The molecule has 4 nitrogen and oxygen atoms in total. The van der Waals surface area contributed by atoms with E-state index in [1.165, 1.54) is 0 Å². The van der Waals surface area contributed by atoms with E-state index in [1.54, 1.807) is 0 Å². The Bertz CT molecular complexity index is 473. The molecule has 4 heteroatoms. The fourth-order valence-electron chi connectivity index (χ4n) is 1.69. The SMILES string of the molecule is CN(C)Cc1ccccc1NC(=O)C(C)(C)C(C)(C)N. The molecule has 20 heavy (non-hydrogen) atoms. The zero-order chi connectivity index (χ0) is 15.6. The summed E-state index contributed by atoms with van der Waals surface area (Å²) in [7, 11) is 4.01. The maximum atomic E-state index is 12.5. The Morgan fingerprint density at radius 3 is 2.25 bits per heavy atom. The van der Waals surface area contributed by atoms with Gasteiger partial charge >= 0.3 is 0 Å². The van der Waals surface area contributed by atoms with Crippen LogP contribution in [-0.4, -0.2) is 30.4 Å². The number of rotatable bonds is 5. The normalized spacial score (nSPS) is 12.6. The lowest BCUT2D eigenvalue weighted by atomic mass is 9.74. The van der Waals surface area contributed by atoms with Crippen LogP contribution in [-0.2, 0) is 11.3 Å². The summed E-state index contributed by atoms with van der Waals surface area (Å²) < 4.78 is 0. The summed E-state index contributed by atoms with van der Waals surface area (Å²) in [5.41, 5.74) is 6.82. The number of benzene rings is 1. The second kappa shape index (κ2) is 5.94. The number of carbonyl (C=O) groups is 1. The molecular formula is C16H27N3O. The van der Waals surface area contributed by atoms with Gasteiger partial charge in [0.05, 0.1) is 5.41 Å². The average molecular weight is 277 g/mol. The van der Waals surface area contributed by atoms with Gasteiger partial charge in [0, 0.05) is 17.8 Å². The Hall–Kier alpha value is -1.39. The predicted octanol–water partition coefficient (Wildman–Crippen LogP) is 2.45. The first-order valence-electron chi connectivity index (χ1n) is 6.88. The summed E-state index contributed by atoms with van der Waals surface area (Å²) in [4.78, 5) is 14.6. The molecule has 1 amide bonds. The van der Waals surface area contributed by atoms with Crippen LogP contribution in [0.4, 0.5) is 5.69 Å². The zero-order valence-electron chi connectivity index (χ0n) is 13.4. The van der Waals surface area contributed by atoms with Crippen LogP contribution in [0.1, 0.15) is 33.3 Å². The van der Waals surface area contributed by atoms with Gasteiger partial charge < -0.3 is 16.0 Å². The molecule has 1 rings (SSSR count). The lowest BCUT2D eigenvalue weighted by Crippen LogP contribution is -2.53. The molecule has 0 fully saturated rings. The smallest absolute Gasteiger partial charge is 0.231 e. The van der Waals surface area contributed by atoms with Crippen LogP contribution in [0, 0.1) is 5.41 Å². The lowest BCUT2D eigenvalue weighted by Gasteiger charge is -2.37. The van der Waals surface area contributed by atoms with Gasteiger partial charge in [-0.05, 0) is 53.4 Å². The third-order valence-corrected chi connectivity index (χ3v) is 3.93. The van der Waals surface area contributed by atoms with Gasteiger partial charge in [-0.25, -0.2) is 0 Å². The number of hydrogen-bond donors (Lipinski definition) is 2. The molecule has 1 aromatic rings. The Kier molecular flexibility index (Phi) is 4.95. The predicted molar refractivity (Wildman–Crippen MR) is 84.5 cm³/mol. The van der Waals surface area contributed by atoms with Gasteiger partial charge in [-0.15, -0.1) is 0 Å². The quantitative estimate of drug-likeness (QED) is 0.869. The Morgan fingerprint density at radius 1 is 1.20 bits per heavy atom. The molecule has 0 radical (unpaired) electrons. The first-order valence-corrected chi connectivity index (χ1v) is 6.88. The molecule has 3 N–H and O–H groups in total. The Morgan fingerprint density at radius 2 is 1.75 bits per heavy atom. The van der Waals surface area contributed by atoms with Crippen molar-refractivity contribution in [2.75, 3.05) is 19.4 Å². The minimum absolute atomic E-state index is 0.0591. The van der Waals surface area contributed by atoms with Crippen LogP contribution in [0.3, 0.4) is 0 Å². The highest BCUT2D eigenvalue weighted by Crippen LogP contribution is 2.30. The second-order valence-corrected chi connectivity index (χ2v) is 6.70. The van der Waals surface area contributed by atoms with E-state index >= 15 is 0 Å². The molecule has 0 heterocycles. The summed E-state index contributed by atoms with van der Waals surface area (Å²) in [6, 6.07) is 7.86. The van der Waals surface area contributed by atoms with Crippen molar-refractivity contribution in [3.8, 4) is 0 Å². The van der Waals surface area contributed by atoms with Gasteiger partial charge in [0.15, 0.2) is 0 Å². The minimum atomic E-state index is -0.655. The van der Waals surface area contributed by atoms with Crippen molar-refractivity contribution in [1.29, 1.82) is 0 Å². The summed E-state index contributed by atoms with van der Waals surface area (Å²) in [5.74, 6) is -0.0591. The Labute approximate surface area is 122 Å². The minimum Gasteiger partial charge on any atom is -0.325 e. The first kappa shape index (κ1) is 16.7. The van der Waals surface area contributed by atoms with E-state index in [0.29, 0.717) is 0 Å². The monoisotopic (exact) mass is 277 g/mol. The molecule has 1 aromatic carbocycles. The molecule has 0 aliphatic heterocycles. The molecule has 0 saturated heterocycles. The van der Waals surface area contributed by atoms with Gasteiger partial charge in [0.1, 0.15) is 0 Å². The van der Waals surface area contributed by atoms with Crippen molar-refractivity contribution in [2.45, 2.75) is 39.8 Å². The topological polar surface area (TPSA) is 58.4 Å². The molecule has 0 aliphatic rings. The number of hydrogen-bond acceptors (Lipinski definition) is 3. The van der Waals surface area contributed by atoms with Gasteiger partial charge in [0.2, 0.25) is 5.91 Å². The standard InChI is InChI=1S/C16H27N3O/c1-15(2,16(3,4)17)14(20)18-13-10-8-7-9-12(13)11-19(5)6/h7-10H,11,17H2,1-6H3,(H,18,20).